The Kier molecular flexibility index (Phi) is 7.95. The smallest absolute Gasteiger partial charge is 0.311 e. The van der Waals surface area contributed by atoms with Crippen molar-refractivity contribution >= 4 is 39.4 Å². The predicted octanol–water partition coefficient (Wildman–Crippen LogP) is 6.09. The number of ether oxygens (including phenoxy) is 2. The van der Waals surface area contributed by atoms with Crippen LogP contribution >= 0.6 is 27.5 Å². The van der Waals surface area contributed by atoms with E-state index in [1.807, 2.05) is 24.3 Å². The molecular formula is C26H23BrClNO6. The molecule has 7 nitrogen and oxygen atoms in total. The number of nitrogens with zero attached hydrogens (tertiary/aromatic N) is 1. The number of benzene rings is 3. The summed E-state index contributed by atoms with van der Waals surface area (Å²) >= 11 is 9.78. The van der Waals surface area contributed by atoms with Crippen LogP contribution in [0.5, 0.6) is 17.2 Å². The topological polar surface area (TPSA) is 85.3 Å². The van der Waals surface area contributed by atoms with Gasteiger partial charge in [0.05, 0.1) is 31.2 Å². The molecule has 0 saturated carbocycles. The van der Waals surface area contributed by atoms with Crippen molar-refractivity contribution in [3.05, 3.63) is 86.8 Å². The number of hydrogen-bond donors (Lipinski definition) is 1. The van der Waals surface area contributed by atoms with Gasteiger partial charge in [0.15, 0.2) is 0 Å². The molecule has 1 N–H and O–H groups in total. The van der Waals surface area contributed by atoms with Gasteiger partial charge in [-0.1, -0.05) is 39.7 Å². The zero-order chi connectivity index (χ0) is 24.9. The lowest BCUT2D eigenvalue weighted by Gasteiger charge is -2.24. The van der Waals surface area contributed by atoms with Gasteiger partial charge in [0.1, 0.15) is 17.2 Å². The van der Waals surface area contributed by atoms with Gasteiger partial charge in [-0.2, -0.15) is 0 Å². The quantitative estimate of drug-likeness (QED) is 0.336. The largest absolute Gasteiger partial charge is 0.493 e. The maximum absolute atomic E-state index is 12.9. The molecule has 1 aliphatic heterocycles. The Balaban J connectivity index is 1.43. The summed E-state index contributed by atoms with van der Waals surface area (Å²) in [6, 6.07) is 17.7. The lowest BCUT2D eigenvalue weighted by molar-refractivity contribution is -0.139. The highest BCUT2D eigenvalue weighted by molar-refractivity contribution is 9.10. The molecule has 1 atom stereocenters. The molecule has 0 radical (unpaired) electrons. The van der Waals surface area contributed by atoms with E-state index in [2.05, 4.69) is 15.9 Å². The number of carbonyl (C=O) groups excluding carboxylic acids is 1. The highest BCUT2D eigenvalue weighted by atomic mass is 79.9. The molecule has 1 amide bonds. The van der Waals surface area contributed by atoms with Crippen LogP contribution in [0, 0.1) is 0 Å². The number of carboxylic acid groups (broad SMARTS) is 1. The molecule has 9 heteroatoms. The first-order valence-corrected chi connectivity index (χ1v) is 12.1. The molecule has 182 valence electrons. The molecule has 0 aliphatic carbocycles. The van der Waals surface area contributed by atoms with E-state index in [9.17, 15) is 14.7 Å². The van der Waals surface area contributed by atoms with Crippen molar-refractivity contribution < 1.29 is 29.0 Å². The Hall–Kier alpha value is -3.07. The Labute approximate surface area is 216 Å². The van der Waals surface area contributed by atoms with Gasteiger partial charge in [-0.05, 0) is 60.9 Å². The fourth-order valence-corrected chi connectivity index (χ4v) is 4.29. The summed E-state index contributed by atoms with van der Waals surface area (Å²) in [4.78, 5) is 29.7. The number of halogens is 2. The van der Waals surface area contributed by atoms with Crippen LogP contribution in [0.1, 0.15) is 33.8 Å². The van der Waals surface area contributed by atoms with Gasteiger partial charge in [-0.15, -0.1) is 0 Å². The predicted molar refractivity (Wildman–Crippen MR) is 134 cm³/mol. The lowest BCUT2D eigenvalue weighted by Crippen LogP contribution is -2.31. The molecule has 3 aromatic carbocycles. The van der Waals surface area contributed by atoms with E-state index < -0.39 is 11.9 Å². The Morgan fingerprint density at radius 3 is 2.51 bits per heavy atom. The molecule has 0 bridgehead atoms. The fourth-order valence-electron chi connectivity index (χ4n) is 3.82. The Bertz CT molecular complexity index is 1220. The van der Waals surface area contributed by atoms with E-state index in [0.29, 0.717) is 54.4 Å². The van der Waals surface area contributed by atoms with Crippen LogP contribution in [-0.2, 0) is 16.1 Å². The number of hydrogen-bond acceptors (Lipinski definition) is 5. The summed E-state index contributed by atoms with van der Waals surface area (Å²) in [5.41, 5.74) is 2.07. The Morgan fingerprint density at radius 2 is 1.86 bits per heavy atom. The molecule has 0 spiro atoms. The van der Waals surface area contributed by atoms with Gasteiger partial charge in [0.25, 0.3) is 5.91 Å². The number of amides is 1. The minimum Gasteiger partial charge on any atom is -0.493 e. The lowest BCUT2D eigenvalue weighted by atomic mass is 9.93. The molecule has 1 unspecified atom stereocenters. The van der Waals surface area contributed by atoms with Crippen LogP contribution in [0.3, 0.4) is 0 Å². The van der Waals surface area contributed by atoms with E-state index in [1.54, 1.807) is 36.4 Å². The number of carboxylic acids is 1. The van der Waals surface area contributed by atoms with Gasteiger partial charge in [0, 0.05) is 21.7 Å². The molecule has 35 heavy (non-hydrogen) atoms. The van der Waals surface area contributed by atoms with E-state index in [1.165, 1.54) is 12.2 Å². The SMILES string of the molecule is CON(CCc1ccc(Br)cc1)C(=O)c1ccc(Oc2cc3c(cc2Cl)C(C(=O)O)CCO3)cc1. The normalized spacial score (nSPS) is 14.5. The summed E-state index contributed by atoms with van der Waals surface area (Å²) in [6.07, 6.45) is 1.03. The molecule has 3 aromatic rings. The molecule has 1 aliphatic rings. The summed E-state index contributed by atoms with van der Waals surface area (Å²) in [7, 11) is 1.46. The minimum absolute atomic E-state index is 0.268. The minimum atomic E-state index is -0.915. The number of fused-ring (bicyclic) bond motifs is 1. The monoisotopic (exact) mass is 559 g/mol. The highest BCUT2D eigenvalue weighted by Gasteiger charge is 2.29. The molecule has 0 saturated heterocycles. The van der Waals surface area contributed by atoms with Crippen molar-refractivity contribution in [1.29, 1.82) is 0 Å². The molecule has 4 rings (SSSR count). The fraction of sp³-hybridized carbons (Fsp3) is 0.231. The highest BCUT2D eigenvalue weighted by Crippen LogP contribution is 2.41. The van der Waals surface area contributed by atoms with Crippen LogP contribution < -0.4 is 9.47 Å². The van der Waals surface area contributed by atoms with E-state index >= 15 is 0 Å². The molecular weight excluding hydrogens is 538 g/mol. The average molecular weight is 561 g/mol. The first kappa shape index (κ1) is 25.0. The summed E-state index contributed by atoms with van der Waals surface area (Å²) < 4.78 is 12.5. The van der Waals surface area contributed by atoms with Gasteiger partial charge < -0.3 is 14.6 Å². The number of hydroxylamine groups is 2. The van der Waals surface area contributed by atoms with Gasteiger partial charge >= 0.3 is 5.97 Å². The van der Waals surface area contributed by atoms with E-state index in [4.69, 9.17) is 25.9 Å². The van der Waals surface area contributed by atoms with Crippen LogP contribution in [0.2, 0.25) is 5.02 Å². The van der Waals surface area contributed by atoms with Crippen molar-refractivity contribution in [2.75, 3.05) is 20.3 Å². The summed E-state index contributed by atoms with van der Waals surface area (Å²) in [6.45, 7) is 0.705. The zero-order valence-electron chi connectivity index (χ0n) is 18.9. The van der Waals surface area contributed by atoms with Crippen molar-refractivity contribution in [1.82, 2.24) is 5.06 Å². The second-order valence-corrected chi connectivity index (χ2v) is 9.26. The van der Waals surface area contributed by atoms with Crippen LogP contribution in [0.4, 0.5) is 0 Å². The molecule has 0 fully saturated rings. The standard InChI is InChI=1S/C26H23BrClNO6/c1-33-29(12-10-16-2-6-18(27)7-3-16)25(30)17-4-8-19(9-5-17)35-24-15-23-21(14-22(24)28)20(26(31)32)11-13-34-23/h2-9,14-15,20H,10-13H2,1H3,(H,31,32). The molecule has 1 heterocycles. The van der Waals surface area contributed by atoms with Crippen LogP contribution in [0.25, 0.3) is 0 Å². The number of carbonyl (C=O) groups is 2. The maximum atomic E-state index is 12.9. The molecule has 0 aromatic heterocycles. The summed E-state index contributed by atoms with van der Waals surface area (Å²) in [5, 5.41) is 11.0. The third kappa shape index (κ3) is 5.96. The maximum Gasteiger partial charge on any atom is 0.311 e. The van der Waals surface area contributed by atoms with E-state index in [0.717, 1.165) is 10.0 Å². The Morgan fingerprint density at radius 1 is 1.14 bits per heavy atom. The second kappa shape index (κ2) is 11.1. The van der Waals surface area contributed by atoms with Gasteiger partial charge in [-0.3, -0.25) is 14.4 Å². The van der Waals surface area contributed by atoms with Crippen LogP contribution in [0.15, 0.2) is 65.1 Å². The van der Waals surface area contributed by atoms with Crippen molar-refractivity contribution in [2.45, 2.75) is 18.8 Å². The van der Waals surface area contributed by atoms with Crippen molar-refractivity contribution in [3.8, 4) is 17.2 Å². The van der Waals surface area contributed by atoms with Crippen molar-refractivity contribution in [2.24, 2.45) is 0 Å². The summed E-state index contributed by atoms with van der Waals surface area (Å²) in [5.74, 6) is -0.603. The van der Waals surface area contributed by atoms with E-state index in [-0.39, 0.29) is 10.9 Å². The first-order chi connectivity index (χ1) is 16.9. The van der Waals surface area contributed by atoms with Gasteiger partial charge in [-0.25, -0.2) is 5.06 Å². The third-order valence-electron chi connectivity index (χ3n) is 5.69. The second-order valence-electron chi connectivity index (χ2n) is 7.94. The van der Waals surface area contributed by atoms with Crippen molar-refractivity contribution in [3.63, 3.8) is 0 Å². The van der Waals surface area contributed by atoms with Crippen LogP contribution in [-0.4, -0.2) is 42.3 Å². The number of rotatable bonds is 8. The average Bonchev–Trinajstić information content (AvgIpc) is 2.86. The number of aliphatic carboxylic acids is 1. The van der Waals surface area contributed by atoms with Gasteiger partial charge in [0.2, 0.25) is 0 Å². The zero-order valence-corrected chi connectivity index (χ0v) is 21.2. The third-order valence-corrected chi connectivity index (χ3v) is 6.52. The first-order valence-electron chi connectivity index (χ1n) is 10.9.